The van der Waals surface area contributed by atoms with Gasteiger partial charge in [-0.25, -0.2) is 0 Å². The summed E-state index contributed by atoms with van der Waals surface area (Å²) in [5.41, 5.74) is 10.3. The summed E-state index contributed by atoms with van der Waals surface area (Å²) in [6.45, 7) is 30.7. The molecule has 254 valence electrons. The van der Waals surface area contributed by atoms with Gasteiger partial charge < -0.3 is 37.2 Å². The van der Waals surface area contributed by atoms with Crippen molar-refractivity contribution in [2.45, 2.75) is 132 Å². The Morgan fingerprint density at radius 2 is 0.681 bits per heavy atom. The topological polar surface area (TPSA) is 0 Å². The third-order valence-corrected chi connectivity index (χ3v) is 16.3. The maximum absolute atomic E-state index is 2.73. The Hall–Kier alpha value is -1.06. The summed E-state index contributed by atoms with van der Waals surface area (Å²) in [4.78, 5) is 0. The molecule has 0 spiro atoms. The molecule has 5 heteroatoms. The molecule has 47 heavy (non-hydrogen) atoms. The molecular formula is C42H57Cl3SiTi. The molecule has 0 N–H and O–H groups in total. The van der Waals surface area contributed by atoms with E-state index in [0.717, 1.165) is 6.42 Å². The minimum Gasteiger partial charge on any atom is -1.00 e. The van der Waals surface area contributed by atoms with Gasteiger partial charge in [-0.2, -0.15) is 0 Å². The van der Waals surface area contributed by atoms with Gasteiger partial charge in [0.15, 0.2) is 0 Å². The molecule has 0 saturated carbocycles. The minimum atomic E-state index is -2.73. The number of hydrogen-bond donors (Lipinski definition) is 0. The zero-order valence-corrected chi connectivity index (χ0v) is 35.9. The molecule has 1 aliphatic rings. The molecule has 0 aromatic heterocycles. The van der Waals surface area contributed by atoms with Crippen LogP contribution in [0.3, 0.4) is 0 Å². The Morgan fingerprint density at radius 3 is 0.851 bits per heavy atom. The summed E-state index contributed by atoms with van der Waals surface area (Å²) in [5, 5.41) is 6.38. The molecule has 0 heterocycles. The van der Waals surface area contributed by atoms with E-state index in [4.69, 9.17) is 0 Å². The van der Waals surface area contributed by atoms with Crippen LogP contribution in [0.4, 0.5) is 0 Å². The predicted octanol–water partition coefficient (Wildman–Crippen LogP) is 1.60. The maximum Gasteiger partial charge on any atom is -1.00 e. The van der Waals surface area contributed by atoms with Crippen molar-refractivity contribution in [3.63, 3.8) is 0 Å². The normalized spacial score (nSPS) is 13.5. The first-order valence-electron chi connectivity index (χ1n) is 17.2. The Balaban J connectivity index is 0.00000368. The first-order chi connectivity index (χ1) is 20.6. The van der Waals surface area contributed by atoms with E-state index >= 15 is 0 Å². The Morgan fingerprint density at radius 1 is 0.447 bits per heavy atom. The summed E-state index contributed by atoms with van der Waals surface area (Å²) in [5.74, 6) is 2.83. The standard InChI is InChI=1S/C42H57Si.3ClH.Ti/c1-26(2)33-17-34(27(3)4)21-40(20-33)43(39-15-14-32(13)16-39,41-22-35(28(5)6)18-36(23-41)29(7)8)42-24-37(30(9)10)19-38(25-42)31(11)12;;;;/h14,17-31H,15H2,1-13H3;3*1H;/q;;;;+3/p-3. The first kappa shape index (κ1) is 44.0. The van der Waals surface area contributed by atoms with Crippen molar-refractivity contribution in [1.29, 1.82) is 0 Å². The van der Waals surface area contributed by atoms with Gasteiger partial charge in [-0.05, 0) is 0 Å². The number of halogens is 3. The molecule has 0 nitrogen and oxygen atoms in total. The van der Waals surface area contributed by atoms with Crippen molar-refractivity contribution in [3.05, 3.63) is 109 Å². The number of hydrogen-bond acceptors (Lipinski definition) is 0. The molecular weight excluding hydrogens is 687 g/mol. The fourth-order valence-corrected chi connectivity index (χ4v) is 13.3. The maximum atomic E-state index is 2.63. The zero-order valence-electron chi connectivity index (χ0n) is 31.1. The van der Waals surface area contributed by atoms with Gasteiger partial charge in [-0.1, -0.05) is 0 Å². The monoisotopic (exact) mass is 742 g/mol. The second-order valence-electron chi connectivity index (χ2n) is 15.3. The van der Waals surface area contributed by atoms with E-state index in [1.54, 1.807) is 20.8 Å². The largest absolute Gasteiger partial charge is 1.00 e. The fraction of sp³-hybridized carbons (Fsp3) is 0.476. The van der Waals surface area contributed by atoms with Crippen LogP contribution in [0.5, 0.6) is 0 Å². The molecule has 3 aromatic rings. The van der Waals surface area contributed by atoms with Gasteiger partial charge in [0.25, 0.3) is 0 Å². The van der Waals surface area contributed by atoms with E-state index in [-0.39, 0.29) is 37.2 Å². The number of rotatable bonds is 10. The van der Waals surface area contributed by atoms with Crippen LogP contribution in [0.15, 0.2) is 75.3 Å². The van der Waals surface area contributed by atoms with Crippen molar-refractivity contribution >= 4 is 23.6 Å². The number of allylic oxidation sites excluding steroid dienone is 4. The molecule has 1 aliphatic carbocycles. The quantitative estimate of drug-likeness (QED) is 0.219. The second-order valence-corrected chi connectivity index (χ2v) is 19.9. The smallest absolute Gasteiger partial charge is 1.00 e. The molecule has 0 saturated heterocycles. The van der Waals surface area contributed by atoms with Crippen molar-refractivity contribution in [2.24, 2.45) is 0 Å². The van der Waals surface area contributed by atoms with E-state index < -0.39 is 8.07 Å². The Bertz CT molecular complexity index is 1340. The van der Waals surface area contributed by atoms with Gasteiger partial charge in [-0.15, -0.1) is 0 Å². The summed E-state index contributed by atoms with van der Waals surface area (Å²) in [7, 11) is -2.73. The molecule has 0 bridgehead atoms. The van der Waals surface area contributed by atoms with Gasteiger partial charge in [0, 0.05) is 0 Å². The summed E-state index contributed by atoms with van der Waals surface area (Å²) < 4.78 is 1.51. The molecule has 4 rings (SSSR count). The van der Waals surface area contributed by atoms with E-state index in [2.05, 4.69) is 171 Å². The van der Waals surface area contributed by atoms with Crippen LogP contribution in [0.25, 0.3) is 0 Å². The Kier molecular flexibility index (Phi) is 16.6. The van der Waals surface area contributed by atoms with Gasteiger partial charge in [0.05, 0.1) is 0 Å². The fourth-order valence-electron chi connectivity index (χ4n) is 6.74. The van der Waals surface area contributed by atoms with E-state index in [1.165, 1.54) is 42.8 Å². The third kappa shape index (κ3) is 9.00. The number of benzene rings is 3. The average molecular weight is 744 g/mol. The molecule has 0 atom stereocenters. The van der Waals surface area contributed by atoms with Gasteiger partial charge in [0.1, 0.15) is 0 Å². The molecule has 0 amide bonds. The molecule has 0 fully saturated rings. The first-order valence-corrected chi connectivity index (χ1v) is 19.9. The molecule has 0 radical (unpaired) electrons. The van der Waals surface area contributed by atoms with Crippen LogP contribution < -0.4 is 52.8 Å². The van der Waals surface area contributed by atoms with Crippen LogP contribution in [0, 0.1) is 0 Å². The Labute approximate surface area is 319 Å². The summed E-state index contributed by atoms with van der Waals surface area (Å²) >= 11 is 2.41. The van der Waals surface area contributed by atoms with Gasteiger partial charge >= 0.3 is 285 Å². The van der Waals surface area contributed by atoms with Crippen molar-refractivity contribution < 1.29 is 57.7 Å². The second kappa shape index (κ2) is 17.7. The van der Waals surface area contributed by atoms with E-state index in [0.29, 0.717) is 35.5 Å². The molecule has 0 aliphatic heterocycles. The van der Waals surface area contributed by atoms with Crippen LogP contribution in [0.2, 0.25) is 0 Å². The minimum absolute atomic E-state index is 0. The van der Waals surface area contributed by atoms with Crippen molar-refractivity contribution in [2.75, 3.05) is 0 Å². The zero-order chi connectivity index (χ0) is 32.7. The van der Waals surface area contributed by atoms with E-state index in [9.17, 15) is 0 Å². The van der Waals surface area contributed by atoms with Crippen LogP contribution in [-0.4, -0.2) is 8.07 Å². The third-order valence-electron chi connectivity index (χ3n) is 9.99. The summed E-state index contributed by atoms with van der Waals surface area (Å²) in [6.07, 6.45) is 3.55. The van der Waals surface area contributed by atoms with Gasteiger partial charge in [-0.3, -0.25) is 0 Å². The predicted molar refractivity (Wildman–Crippen MR) is 194 cm³/mol. The average Bonchev–Trinajstić information content (AvgIpc) is 3.30. The molecule has 0 unspecified atom stereocenters. The van der Waals surface area contributed by atoms with Crippen LogP contribution in [0.1, 0.15) is 165 Å². The van der Waals surface area contributed by atoms with Gasteiger partial charge in [0.2, 0.25) is 0 Å². The van der Waals surface area contributed by atoms with E-state index in [1.807, 2.05) is 0 Å². The summed E-state index contributed by atoms with van der Waals surface area (Å²) in [6, 6.07) is 23.3. The molecule has 3 aromatic carbocycles. The van der Waals surface area contributed by atoms with Crippen molar-refractivity contribution in [1.82, 2.24) is 0 Å². The van der Waals surface area contributed by atoms with Crippen molar-refractivity contribution in [3.8, 4) is 0 Å². The van der Waals surface area contributed by atoms with Crippen LogP contribution in [-0.2, 0) is 20.4 Å². The van der Waals surface area contributed by atoms with Crippen LogP contribution >= 0.6 is 0 Å². The SMILES string of the molecule is CC1=CCC([Si](c2cc(C(C)C)cc(C(C)C)c2)(c2cc(C(C)C)cc(C(C)C)c2)c2cc(C(C)C)cc(C(C)C)c2)=[C]1[Ti+3].[Cl-].[Cl-].[Cl-].